The first-order valence-electron chi connectivity index (χ1n) is 8.64. The van der Waals surface area contributed by atoms with Crippen LogP contribution >= 0.6 is 0 Å². The highest BCUT2D eigenvalue weighted by molar-refractivity contribution is 5.92. The molecule has 3 rings (SSSR count). The Morgan fingerprint density at radius 2 is 1.74 bits per heavy atom. The van der Waals surface area contributed by atoms with E-state index in [-0.39, 0.29) is 23.8 Å². The van der Waals surface area contributed by atoms with E-state index >= 15 is 0 Å². The number of para-hydroxylation sites is 1. The zero-order valence-electron chi connectivity index (χ0n) is 13.7. The Morgan fingerprint density at radius 1 is 1.09 bits per heavy atom. The highest BCUT2D eigenvalue weighted by atomic mass is 16.2. The van der Waals surface area contributed by atoms with Crippen molar-refractivity contribution < 1.29 is 14.5 Å². The van der Waals surface area contributed by atoms with Crippen LogP contribution in [0.2, 0.25) is 0 Å². The van der Waals surface area contributed by atoms with Crippen molar-refractivity contribution in [1.82, 2.24) is 5.32 Å². The van der Waals surface area contributed by atoms with E-state index < -0.39 is 0 Å². The largest absolute Gasteiger partial charge is 0.348 e. The zero-order valence-corrected chi connectivity index (χ0v) is 13.7. The predicted octanol–water partition coefficient (Wildman–Crippen LogP) is 0.587. The maximum Gasteiger partial charge on any atom is 0.278 e. The Bertz CT molecular complexity index is 549. The van der Waals surface area contributed by atoms with Crippen molar-refractivity contribution in [2.75, 3.05) is 18.4 Å². The third-order valence-corrected chi connectivity index (χ3v) is 4.97. The van der Waals surface area contributed by atoms with E-state index in [9.17, 15) is 9.59 Å². The molecular weight excluding hydrogens is 290 g/mol. The summed E-state index contributed by atoms with van der Waals surface area (Å²) in [6, 6.07) is 9.98. The number of carbonyl (C=O) groups excluding carboxylic acids is 2. The quantitative estimate of drug-likeness (QED) is 0.744. The number of amides is 2. The summed E-state index contributed by atoms with van der Waals surface area (Å²) >= 11 is 0. The minimum atomic E-state index is -0.0197. The smallest absolute Gasteiger partial charge is 0.278 e. The summed E-state index contributed by atoms with van der Waals surface area (Å²) in [6.07, 6.45) is 3.93. The van der Waals surface area contributed by atoms with Gasteiger partial charge >= 0.3 is 0 Å². The molecule has 0 spiro atoms. The molecule has 1 saturated heterocycles. The lowest BCUT2D eigenvalue weighted by Gasteiger charge is -2.32. The fourth-order valence-corrected chi connectivity index (χ4v) is 3.19. The number of rotatable bonds is 5. The number of anilines is 1. The second-order valence-electron chi connectivity index (χ2n) is 6.79. The highest BCUT2D eigenvalue weighted by Gasteiger charge is 2.34. The molecule has 0 unspecified atom stereocenters. The normalized spacial score (nSPS) is 25.4. The van der Waals surface area contributed by atoms with Gasteiger partial charge in [-0.2, -0.15) is 0 Å². The summed E-state index contributed by atoms with van der Waals surface area (Å²) in [4.78, 5) is 25.8. The average Bonchev–Trinajstić information content (AvgIpc) is 3.39. The SMILES string of the molecule is C[C@H](C(=O)NC1CC1)[NH+]1CCC(C(=O)Nc2ccccc2)CC1. The van der Waals surface area contributed by atoms with Crippen LogP contribution in [0.4, 0.5) is 5.69 Å². The first kappa shape index (κ1) is 16.0. The molecule has 1 aliphatic heterocycles. The Morgan fingerprint density at radius 3 is 2.35 bits per heavy atom. The van der Waals surface area contributed by atoms with Gasteiger partial charge < -0.3 is 15.5 Å². The lowest BCUT2D eigenvalue weighted by molar-refractivity contribution is -0.919. The van der Waals surface area contributed by atoms with Crippen LogP contribution in [0, 0.1) is 5.92 Å². The standard InChI is InChI=1S/C18H25N3O2/c1-13(17(22)19-16-7-8-16)21-11-9-14(10-12-21)18(23)20-15-5-3-2-4-6-15/h2-6,13-14,16H,7-12H2,1H3,(H,19,22)(H,20,23)/p+1/t13-/m1/s1. The maximum atomic E-state index is 12.3. The van der Waals surface area contributed by atoms with Crippen LogP contribution in [0.3, 0.4) is 0 Å². The molecule has 2 fully saturated rings. The van der Waals surface area contributed by atoms with E-state index in [4.69, 9.17) is 0 Å². The Hall–Kier alpha value is -1.88. The Kier molecular flexibility index (Phi) is 4.96. The van der Waals surface area contributed by atoms with Gasteiger partial charge in [0, 0.05) is 30.5 Å². The molecule has 5 nitrogen and oxygen atoms in total. The number of hydrogen-bond donors (Lipinski definition) is 3. The molecule has 1 aliphatic carbocycles. The molecule has 5 heteroatoms. The molecule has 1 aromatic rings. The van der Waals surface area contributed by atoms with Gasteiger partial charge in [0.1, 0.15) is 0 Å². The van der Waals surface area contributed by atoms with Gasteiger partial charge in [-0.25, -0.2) is 0 Å². The van der Waals surface area contributed by atoms with Crippen molar-refractivity contribution in [3.63, 3.8) is 0 Å². The molecule has 124 valence electrons. The van der Waals surface area contributed by atoms with Gasteiger partial charge in [0.15, 0.2) is 6.04 Å². The number of piperidine rings is 1. The van der Waals surface area contributed by atoms with Crippen LogP contribution in [-0.4, -0.2) is 37.0 Å². The summed E-state index contributed by atoms with van der Waals surface area (Å²) < 4.78 is 0. The van der Waals surface area contributed by atoms with E-state index in [1.807, 2.05) is 37.3 Å². The van der Waals surface area contributed by atoms with Crippen LogP contribution < -0.4 is 15.5 Å². The van der Waals surface area contributed by atoms with E-state index in [2.05, 4.69) is 10.6 Å². The number of likely N-dealkylation sites (tertiary alicyclic amines) is 1. The summed E-state index contributed by atoms with van der Waals surface area (Å²) in [7, 11) is 0. The topological polar surface area (TPSA) is 62.6 Å². The monoisotopic (exact) mass is 316 g/mol. The minimum absolute atomic E-state index is 0.0197. The number of hydrogen-bond acceptors (Lipinski definition) is 2. The molecule has 2 amide bonds. The second-order valence-corrected chi connectivity index (χ2v) is 6.79. The van der Waals surface area contributed by atoms with E-state index in [0.29, 0.717) is 6.04 Å². The third-order valence-electron chi connectivity index (χ3n) is 4.97. The summed E-state index contributed by atoms with van der Waals surface area (Å²) in [5, 5.41) is 6.06. The van der Waals surface area contributed by atoms with Crippen LogP contribution in [0.25, 0.3) is 0 Å². The molecule has 1 saturated carbocycles. The maximum absolute atomic E-state index is 12.3. The van der Waals surface area contributed by atoms with Crippen LogP contribution in [0.1, 0.15) is 32.6 Å². The number of nitrogens with one attached hydrogen (secondary N) is 3. The zero-order chi connectivity index (χ0) is 16.2. The lowest BCUT2D eigenvalue weighted by Crippen LogP contribution is -3.17. The molecule has 2 aliphatic rings. The second kappa shape index (κ2) is 7.13. The molecule has 0 bridgehead atoms. The van der Waals surface area contributed by atoms with Crippen molar-refractivity contribution >= 4 is 17.5 Å². The van der Waals surface area contributed by atoms with Crippen LogP contribution in [0.15, 0.2) is 30.3 Å². The van der Waals surface area contributed by atoms with Crippen molar-refractivity contribution in [2.24, 2.45) is 5.92 Å². The molecule has 0 radical (unpaired) electrons. The van der Waals surface area contributed by atoms with Crippen molar-refractivity contribution in [3.8, 4) is 0 Å². The Labute approximate surface area is 137 Å². The molecule has 1 heterocycles. The van der Waals surface area contributed by atoms with Crippen LogP contribution in [-0.2, 0) is 9.59 Å². The fourth-order valence-electron chi connectivity index (χ4n) is 3.19. The van der Waals surface area contributed by atoms with E-state index in [1.165, 1.54) is 4.90 Å². The first-order valence-corrected chi connectivity index (χ1v) is 8.64. The van der Waals surface area contributed by atoms with Gasteiger partial charge in [0.2, 0.25) is 5.91 Å². The number of quaternary nitrogens is 1. The van der Waals surface area contributed by atoms with Crippen molar-refractivity contribution in [1.29, 1.82) is 0 Å². The van der Waals surface area contributed by atoms with Gasteiger partial charge in [-0.1, -0.05) is 18.2 Å². The van der Waals surface area contributed by atoms with Gasteiger partial charge in [0.25, 0.3) is 5.91 Å². The predicted molar refractivity (Wildman–Crippen MR) is 89.1 cm³/mol. The van der Waals surface area contributed by atoms with Gasteiger partial charge in [-0.15, -0.1) is 0 Å². The van der Waals surface area contributed by atoms with Crippen molar-refractivity contribution in [2.45, 2.75) is 44.7 Å². The molecule has 0 aromatic heterocycles. The van der Waals surface area contributed by atoms with Gasteiger partial charge in [0.05, 0.1) is 13.1 Å². The van der Waals surface area contributed by atoms with Crippen LogP contribution in [0.5, 0.6) is 0 Å². The first-order chi connectivity index (χ1) is 11.1. The molecule has 1 atom stereocenters. The van der Waals surface area contributed by atoms with E-state index in [0.717, 1.165) is 44.5 Å². The highest BCUT2D eigenvalue weighted by Crippen LogP contribution is 2.18. The van der Waals surface area contributed by atoms with Gasteiger partial charge in [-0.05, 0) is 31.9 Å². The minimum Gasteiger partial charge on any atom is -0.348 e. The molecular formula is C18H26N3O2+. The molecule has 3 N–H and O–H groups in total. The molecule has 23 heavy (non-hydrogen) atoms. The molecule has 1 aromatic carbocycles. The average molecular weight is 316 g/mol. The van der Waals surface area contributed by atoms with Crippen molar-refractivity contribution in [3.05, 3.63) is 30.3 Å². The summed E-state index contributed by atoms with van der Waals surface area (Å²) in [5.74, 6) is 0.317. The lowest BCUT2D eigenvalue weighted by atomic mass is 9.94. The van der Waals surface area contributed by atoms with Gasteiger partial charge in [-0.3, -0.25) is 9.59 Å². The Balaban J connectivity index is 1.45. The fraction of sp³-hybridized carbons (Fsp3) is 0.556. The summed E-state index contributed by atoms with van der Waals surface area (Å²) in [6.45, 7) is 3.76. The third kappa shape index (κ3) is 4.32. The number of carbonyl (C=O) groups is 2. The summed E-state index contributed by atoms with van der Waals surface area (Å²) in [5.41, 5.74) is 0.851. The number of benzene rings is 1. The van der Waals surface area contributed by atoms with E-state index in [1.54, 1.807) is 0 Å².